The van der Waals surface area contributed by atoms with E-state index in [1.807, 2.05) is 6.20 Å². The number of anilines is 2. The van der Waals surface area contributed by atoms with Crippen molar-refractivity contribution in [1.82, 2.24) is 10.3 Å². The summed E-state index contributed by atoms with van der Waals surface area (Å²) >= 11 is 5.43. The first-order valence-corrected chi connectivity index (χ1v) is 9.40. The molecule has 2 aliphatic rings. The van der Waals surface area contributed by atoms with Crippen LogP contribution < -0.4 is 15.5 Å². The highest BCUT2D eigenvalue weighted by Crippen LogP contribution is 2.22. The molecule has 1 saturated carbocycles. The first-order chi connectivity index (χ1) is 11.2. The summed E-state index contributed by atoms with van der Waals surface area (Å²) in [5.41, 5.74) is 0.965. The molecule has 0 bridgehead atoms. The van der Waals surface area contributed by atoms with Gasteiger partial charge in [-0.2, -0.15) is 0 Å². The minimum absolute atomic E-state index is 0.534. The number of hydrogen-bond acceptors (Lipinski definition) is 3. The largest absolute Gasteiger partial charge is 0.360 e. The van der Waals surface area contributed by atoms with Crippen LogP contribution in [0.1, 0.15) is 51.9 Å². The minimum atomic E-state index is 0.534. The fraction of sp³-hybridized carbons (Fsp3) is 0.667. The molecule has 1 aliphatic carbocycles. The van der Waals surface area contributed by atoms with Crippen molar-refractivity contribution in [3.63, 3.8) is 0 Å². The lowest BCUT2D eigenvalue weighted by atomic mass is 9.96. The van der Waals surface area contributed by atoms with Crippen LogP contribution in [0, 0.1) is 5.92 Å². The van der Waals surface area contributed by atoms with Crippen molar-refractivity contribution in [3.8, 4) is 0 Å². The monoisotopic (exact) mass is 332 g/mol. The Morgan fingerprint density at radius 3 is 2.52 bits per heavy atom. The molecular formula is C18H28N4S. The van der Waals surface area contributed by atoms with E-state index in [2.05, 4.69) is 39.6 Å². The predicted molar refractivity (Wildman–Crippen MR) is 101 cm³/mol. The Morgan fingerprint density at radius 2 is 1.87 bits per heavy atom. The molecule has 0 unspecified atom stereocenters. The Hall–Kier alpha value is -1.36. The molecule has 1 saturated heterocycles. The van der Waals surface area contributed by atoms with E-state index in [1.54, 1.807) is 0 Å². The van der Waals surface area contributed by atoms with E-state index in [-0.39, 0.29) is 0 Å². The third-order valence-corrected chi connectivity index (χ3v) is 5.27. The van der Waals surface area contributed by atoms with Gasteiger partial charge in [-0.3, -0.25) is 0 Å². The number of pyridine rings is 1. The van der Waals surface area contributed by atoms with Gasteiger partial charge in [-0.15, -0.1) is 0 Å². The topological polar surface area (TPSA) is 40.2 Å². The number of aromatic nitrogens is 1. The zero-order chi connectivity index (χ0) is 16.1. The first-order valence-electron chi connectivity index (χ1n) is 8.99. The molecule has 2 N–H and O–H groups in total. The van der Waals surface area contributed by atoms with Crippen molar-refractivity contribution < 1.29 is 0 Å². The SMILES string of the molecule is CC1CCN(c2ccc(NC(=S)NC3CCCCC3)cn2)CC1. The van der Waals surface area contributed by atoms with Gasteiger partial charge in [0.2, 0.25) is 0 Å². The summed E-state index contributed by atoms with van der Waals surface area (Å²) in [7, 11) is 0. The summed E-state index contributed by atoms with van der Waals surface area (Å²) in [4.78, 5) is 6.98. The van der Waals surface area contributed by atoms with E-state index < -0.39 is 0 Å². The van der Waals surface area contributed by atoms with E-state index in [0.29, 0.717) is 6.04 Å². The molecular weight excluding hydrogens is 304 g/mol. The highest BCUT2D eigenvalue weighted by atomic mass is 32.1. The van der Waals surface area contributed by atoms with E-state index in [9.17, 15) is 0 Å². The standard InChI is InChI=1S/C18H28N4S/c1-14-9-11-22(12-10-14)17-8-7-16(13-19-17)21-18(23)20-15-5-3-2-4-6-15/h7-8,13-15H,2-6,9-12H2,1H3,(H2,20,21,23). The van der Waals surface area contributed by atoms with Crippen molar-refractivity contribution in [1.29, 1.82) is 0 Å². The Kier molecular flexibility index (Phi) is 5.70. The maximum absolute atomic E-state index is 5.43. The zero-order valence-electron chi connectivity index (χ0n) is 14.1. The number of nitrogens with one attached hydrogen (secondary N) is 2. The smallest absolute Gasteiger partial charge is 0.171 e. The molecule has 5 heteroatoms. The van der Waals surface area contributed by atoms with Crippen LogP contribution in [-0.4, -0.2) is 29.2 Å². The molecule has 2 fully saturated rings. The van der Waals surface area contributed by atoms with Gasteiger partial charge in [0.25, 0.3) is 0 Å². The van der Waals surface area contributed by atoms with Crippen LogP contribution in [0.5, 0.6) is 0 Å². The number of piperidine rings is 1. The zero-order valence-corrected chi connectivity index (χ0v) is 14.9. The Morgan fingerprint density at radius 1 is 1.13 bits per heavy atom. The lowest BCUT2D eigenvalue weighted by molar-refractivity contribution is 0.415. The van der Waals surface area contributed by atoms with Crippen LogP contribution in [-0.2, 0) is 0 Å². The van der Waals surface area contributed by atoms with Crippen molar-refractivity contribution in [2.45, 2.75) is 57.9 Å². The minimum Gasteiger partial charge on any atom is -0.360 e. The number of hydrogen-bond donors (Lipinski definition) is 2. The van der Waals surface area contributed by atoms with Gasteiger partial charge in [-0.05, 0) is 56.0 Å². The van der Waals surface area contributed by atoms with E-state index >= 15 is 0 Å². The van der Waals surface area contributed by atoms with E-state index in [1.165, 1.54) is 44.9 Å². The lowest BCUT2D eigenvalue weighted by Gasteiger charge is -2.31. The number of nitrogens with zero attached hydrogens (tertiary/aromatic N) is 2. The van der Waals surface area contributed by atoms with Crippen LogP contribution in [0.3, 0.4) is 0 Å². The highest BCUT2D eigenvalue weighted by Gasteiger charge is 2.17. The summed E-state index contributed by atoms with van der Waals surface area (Å²) < 4.78 is 0. The normalized spacial score (nSPS) is 20.3. The highest BCUT2D eigenvalue weighted by molar-refractivity contribution is 7.80. The fourth-order valence-corrected chi connectivity index (χ4v) is 3.77. The molecule has 1 aliphatic heterocycles. The molecule has 0 radical (unpaired) electrons. The third kappa shape index (κ3) is 4.80. The van der Waals surface area contributed by atoms with Gasteiger partial charge in [0, 0.05) is 19.1 Å². The molecule has 4 nitrogen and oxygen atoms in total. The van der Waals surface area contributed by atoms with Crippen LogP contribution in [0.2, 0.25) is 0 Å². The second kappa shape index (κ2) is 7.95. The lowest BCUT2D eigenvalue weighted by Crippen LogP contribution is -2.38. The first kappa shape index (κ1) is 16.5. The van der Waals surface area contributed by atoms with Gasteiger partial charge in [0.05, 0.1) is 11.9 Å². The Balaban J connectivity index is 1.49. The van der Waals surface area contributed by atoms with Crippen LogP contribution in [0.4, 0.5) is 11.5 Å². The predicted octanol–water partition coefficient (Wildman–Crippen LogP) is 3.94. The second-order valence-corrected chi connectivity index (χ2v) is 7.42. The maximum atomic E-state index is 5.43. The average molecular weight is 333 g/mol. The third-order valence-electron chi connectivity index (χ3n) is 5.05. The van der Waals surface area contributed by atoms with Crippen molar-refractivity contribution in [2.24, 2.45) is 5.92 Å². The summed E-state index contributed by atoms with van der Waals surface area (Å²) in [5, 5.41) is 7.42. The second-order valence-electron chi connectivity index (χ2n) is 7.01. The summed E-state index contributed by atoms with van der Waals surface area (Å²) in [6, 6.07) is 4.71. The van der Waals surface area contributed by atoms with Gasteiger partial charge >= 0.3 is 0 Å². The van der Waals surface area contributed by atoms with E-state index in [0.717, 1.165) is 35.6 Å². The maximum Gasteiger partial charge on any atom is 0.171 e. The molecule has 1 aromatic heterocycles. The average Bonchev–Trinajstić information content (AvgIpc) is 2.57. The van der Waals surface area contributed by atoms with Crippen LogP contribution >= 0.6 is 12.2 Å². The molecule has 23 heavy (non-hydrogen) atoms. The molecule has 126 valence electrons. The molecule has 2 heterocycles. The van der Waals surface area contributed by atoms with Crippen LogP contribution in [0.25, 0.3) is 0 Å². The number of rotatable bonds is 3. The summed E-state index contributed by atoms with van der Waals surface area (Å²) in [6.07, 6.45) is 10.9. The Bertz CT molecular complexity index is 502. The van der Waals surface area contributed by atoms with Gasteiger partial charge in [0.1, 0.15) is 5.82 Å². The molecule has 0 atom stereocenters. The van der Waals surface area contributed by atoms with Gasteiger partial charge in [0.15, 0.2) is 5.11 Å². The van der Waals surface area contributed by atoms with Crippen molar-refractivity contribution in [3.05, 3.63) is 18.3 Å². The molecule has 0 amide bonds. The van der Waals surface area contributed by atoms with Gasteiger partial charge in [-0.1, -0.05) is 26.2 Å². The summed E-state index contributed by atoms with van der Waals surface area (Å²) in [6.45, 7) is 4.56. The fourth-order valence-electron chi connectivity index (χ4n) is 3.48. The summed E-state index contributed by atoms with van der Waals surface area (Å²) in [5.74, 6) is 1.92. The molecule has 3 rings (SSSR count). The molecule has 0 aromatic carbocycles. The van der Waals surface area contributed by atoms with Crippen LogP contribution in [0.15, 0.2) is 18.3 Å². The number of thiocarbonyl (C=S) groups is 1. The van der Waals surface area contributed by atoms with E-state index in [4.69, 9.17) is 12.2 Å². The quantitative estimate of drug-likeness (QED) is 0.821. The van der Waals surface area contributed by atoms with Crippen molar-refractivity contribution >= 4 is 28.8 Å². The molecule has 0 spiro atoms. The van der Waals surface area contributed by atoms with Gasteiger partial charge in [-0.25, -0.2) is 4.98 Å². The molecule has 1 aromatic rings. The van der Waals surface area contributed by atoms with Gasteiger partial charge < -0.3 is 15.5 Å². The van der Waals surface area contributed by atoms with Crippen molar-refractivity contribution in [2.75, 3.05) is 23.3 Å². The Labute approximate surface area is 145 Å².